The molecule has 0 bridgehead atoms. The van der Waals surface area contributed by atoms with E-state index in [1.54, 1.807) is 0 Å². The van der Waals surface area contributed by atoms with E-state index < -0.39 is 0 Å². The number of aliphatic hydroxyl groups is 1. The van der Waals surface area contributed by atoms with Gasteiger partial charge in [-0.3, -0.25) is 4.79 Å². The van der Waals surface area contributed by atoms with Crippen molar-refractivity contribution in [1.82, 2.24) is 9.88 Å². The van der Waals surface area contributed by atoms with Crippen LogP contribution in [-0.4, -0.2) is 28.7 Å². The van der Waals surface area contributed by atoms with E-state index in [9.17, 15) is 4.79 Å². The second-order valence-electron chi connectivity index (χ2n) is 5.03. The van der Waals surface area contributed by atoms with Crippen LogP contribution < -0.4 is 5.32 Å². The molecule has 0 saturated heterocycles. The van der Waals surface area contributed by atoms with Gasteiger partial charge in [0.25, 0.3) is 5.91 Å². The van der Waals surface area contributed by atoms with E-state index in [4.69, 9.17) is 5.11 Å². The number of unbranched alkanes of at least 4 members (excludes halogenated alkanes) is 3. The van der Waals surface area contributed by atoms with Crippen molar-refractivity contribution in [2.75, 3.05) is 13.2 Å². The molecule has 4 nitrogen and oxygen atoms in total. The van der Waals surface area contributed by atoms with E-state index in [0.29, 0.717) is 12.1 Å². The van der Waals surface area contributed by atoms with Crippen LogP contribution in [0.2, 0.25) is 0 Å². The Morgan fingerprint density at radius 1 is 1.00 bits per heavy atom. The Morgan fingerprint density at radius 3 is 2.33 bits per heavy atom. The predicted molar refractivity (Wildman–Crippen MR) is 83.7 cm³/mol. The average Bonchev–Trinajstić information content (AvgIpc) is 3.05. The highest BCUT2D eigenvalue weighted by Gasteiger charge is 2.04. The Kier molecular flexibility index (Phi) is 6.03. The zero-order valence-corrected chi connectivity index (χ0v) is 12.2. The summed E-state index contributed by atoms with van der Waals surface area (Å²) in [6, 6.07) is 11.5. The fourth-order valence-corrected chi connectivity index (χ4v) is 2.19. The van der Waals surface area contributed by atoms with Crippen molar-refractivity contribution >= 4 is 5.91 Å². The lowest BCUT2D eigenvalue weighted by Crippen LogP contribution is -2.24. The minimum atomic E-state index is -0.0313. The highest BCUT2D eigenvalue weighted by Crippen LogP contribution is 2.10. The first kappa shape index (κ1) is 15.3. The van der Waals surface area contributed by atoms with Crippen molar-refractivity contribution in [3.8, 4) is 5.69 Å². The monoisotopic (exact) mass is 286 g/mol. The molecule has 1 aromatic heterocycles. The van der Waals surface area contributed by atoms with E-state index in [1.807, 2.05) is 53.4 Å². The largest absolute Gasteiger partial charge is 0.396 e. The summed E-state index contributed by atoms with van der Waals surface area (Å²) in [4.78, 5) is 12.0. The standard InChI is InChI=1S/C17H22N2O2/c20-14-6-2-1-3-11-18-17(21)15-7-9-16(10-8-15)19-12-4-5-13-19/h4-5,7-10,12-13,20H,1-3,6,11,14H2,(H,18,21). The average molecular weight is 286 g/mol. The van der Waals surface area contributed by atoms with Crippen LogP contribution in [0.25, 0.3) is 5.69 Å². The molecule has 0 saturated carbocycles. The first-order valence-corrected chi connectivity index (χ1v) is 7.44. The molecule has 1 aromatic carbocycles. The van der Waals surface area contributed by atoms with E-state index in [2.05, 4.69) is 5.32 Å². The molecule has 0 aliphatic carbocycles. The second kappa shape index (κ2) is 8.27. The maximum Gasteiger partial charge on any atom is 0.251 e. The Bertz CT molecular complexity index is 532. The molecule has 1 heterocycles. The maximum absolute atomic E-state index is 12.0. The number of aliphatic hydroxyl groups excluding tert-OH is 1. The van der Waals surface area contributed by atoms with E-state index in [0.717, 1.165) is 31.4 Å². The molecule has 0 aliphatic rings. The highest BCUT2D eigenvalue weighted by molar-refractivity contribution is 5.94. The van der Waals surface area contributed by atoms with Crippen LogP contribution in [0.1, 0.15) is 36.0 Å². The lowest BCUT2D eigenvalue weighted by atomic mass is 10.1. The van der Waals surface area contributed by atoms with Crippen molar-refractivity contribution in [1.29, 1.82) is 0 Å². The molecule has 0 atom stereocenters. The molecule has 1 amide bonds. The van der Waals surface area contributed by atoms with Crippen LogP contribution >= 0.6 is 0 Å². The van der Waals surface area contributed by atoms with Crippen molar-refractivity contribution in [2.45, 2.75) is 25.7 Å². The molecule has 0 fully saturated rings. The van der Waals surface area contributed by atoms with Gasteiger partial charge in [-0.1, -0.05) is 12.8 Å². The first-order valence-electron chi connectivity index (χ1n) is 7.44. The quantitative estimate of drug-likeness (QED) is 0.733. The predicted octanol–water partition coefficient (Wildman–Crippen LogP) is 2.76. The molecular formula is C17H22N2O2. The maximum atomic E-state index is 12.0. The lowest BCUT2D eigenvalue weighted by molar-refractivity contribution is 0.0953. The fraction of sp³-hybridized carbons (Fsp3) is 0.353. The molecular weight excluding hydrogens is 264 g/mol. The summed E-state index contributed by atoms with van der Waals surface area (Å²) in [5, 5.41) is 11.6. The van der Waals surface area contributed by atoms with Gasteiger partial charge >= 0.3 is 0 Å². The number of hydrogen-bond donors (Lipinski definition) is 2. The number of rotatable bonds is 8. The van der Waals surface area contributed by atoms with Gasteiger partial charge < -0.3 is 15.0 Å². The molecule has 0 unspecified atom stereocenters. The Balaban J connectivity index is 1.78. The van der Waals surface area contributed by atoms with Gasteiger partial charge in [-0.2, -0.15) is 0 Å². The van der Waals surface area contributed by atoms with Gasteiger partial charge in [-0.25, -0.2) is 0 Å². The SMILES string of the molecule is O=C(NCCCCCCO)c1ccc(-n2cccc2)cc1. The van der Waals surface area contributed by atoms with Gasteiger partial charge in [-0.05, 0) is 49.2 Å². The van der Waals surface area contributed by atoms with Crippen LogP contribution in [0.15, 0.2) is 48.8 Å². The van der Waals surface area contributed by atoms with Gasteiger partial charge in [0.05, 0.1) is 0 Å². The normalized spacial score (nSPS) is 10.5. The Hall–Kier alpha value is -2.07. The molecule has 2 rings (SSSR count). The van der Waals surface area contributed by atoms with Crippen LogP contribution in [-0.2, 0) is 0 Å². The molecule has 2 aromatic rings. The summed E-state index contributed by atoms with van der Waals surface area (Å²) in [6.07, 6.45) is 7.79. The topological polar surface area (TPSA) is 54.3 Å². The third-order valence-electron chi connectivity index (χ3n) is 3.40. The Morgan fingerprint density at radius 2 is 1.67 bits per heavy atom. The van der Waals surface area contributed by atoms with Gasteiger partial charge in [0, 0.05) is 36.8 Å². The van der Waals surface area contributed by atoms with Gasteiger partial charge in [0.2, 0.25) is 0 Å². The molecule has 0 spiro atoms. The first-order chi connectivity index (χ1) is 10.3. The van der Waals surface area contributed by atoms with Crippen LogP contribution in [0, 0.1) is 0 Å². The van der Waals surface area contributed by atoms with Crippen molar-refractivity contribution < 1.29 is 9.90 Å². The third-order valence-corrected chi connectivity index (χ3v) is 3.40. The smallest absolute Gasteiger partial charge is 0.251 e. The lowest BCUT2D eigenvalue weighted by Gasteiger charge is -2.07. The highest BCUT2D eigenvalue weighted by atomic mass is 16.2. The second-order valence-corrected chi connectivity index (χ2v) is 5.03. The minimum Gasteiger partial charge on any atom is -0.396 e. The number of carbonyl (C=O) groups is 1. The molecule has 112 valence electrons. The van der Waals surface area contributed by atoms with Crippen molar-refractivity contribution in [3.63, 3.8) is 0 Å². The summed E-state index contributed by atoms with van der Waals surface area (Å²) in [7, 11) is 0. The zero-order chi connectivity index (χ0) is 14.9. The summed E-state index contributed by atoms with van der Waals surface area (Å²) in [6.45, 7) is 0.934. The van der Waals surface area contributed by atoms with Gasteiger partial charge in [0.1, 0.15) is 0 Å². The van der Waals surface area contributed by atoms with Crippen LogP contribution in [0.3, 0.4) is 0 Å². The Labute approximate surface area is 125 Å². The third kappa shape index (κ3) is 4.76. The summed E-state index contributed by atoms with van der Waals surface area (Å²) in [5.41, 5.74) is 1.72. The van der Waals surface area contributed by atoms with Gasteiger partial charge in [-0.15, -0.1) is 0 Å². The number of nitrogens with zero attached hydrogens (tertiary/aromatic N) is 1. The van der Waals surface area contributed by atoms with E-state index in [-0.39, 0.29) is 12.5 Å². The number of aromatic nitrogens is 1. The number of nitrogens with one attached hydrogen (secondary N) is 1. The number of hydrogen-bond acceptors (Lipinski definition) is 2. The molecule has 4 heteroatoms. The van der Waals surface area contributed by atoms with Crippen LogP contribution in [0.4, 0.5) is 0 Å². The van der Waals surface area contributed by atoms with Crippen molar-refractivity contribution in [3.05, 3.63) is 54.4 Å². The molecule has 0 aliphatic heterocycles. The number of carbonyl (C=O) groups excluding carboxylic acids is 1. The van der Waals surface area contributed by atoms with E-state index in [1.165, 1.54) is 0 Å². The summed E-state index contributed by atoms with van der Waals surface area (Å²) in [5.74, 6) is -0.0313. The van der Waals surface area contributed by atoms with Crippen LogP contribution in [0.5, 0.6) is 0 Å². The number of benzene rings is 1. The molecule has 0 radical (unpaired) electrons. The van der Waals surface area contributed by atoms with E-state index >= 15 is 0 Å². The fourth-order valence-electron chi connectivity index (χ4n) is 2.19. The number of amides is 1. The molecule has 2 N–H and O–H groups in total. The van der Waals surface area contributed by atoms with Crippen molar-refractivity contribution in [2.24, 2.45) is 0 Å². The zero-order valence-electron chi connectivity index (χ0n) is 12.2. The summed E-state index contributed by atoms with van der Waals surface area (Å²) < 4.78 is 2.00. The summed E-state index contributed by atoms with van der Waals surface area (Å²) >= 11 is 0. The molecule has 21 heavy (non-hydrogen) atoms. The minimum absolute atomic E-state index is 0.0313. The van der Waals surface area contributed by atoms with Gasteiger partial charge in [0.15, 0.2) is 0 Å².